The molecular formula is C50H56N2O6. The summed E-state index contributed by atoms with van der Waals surface area (Å²) < 4.78 is 22.7. The summed E-state index contributed by atoms with van der Waals surface area (Å²) in [6, 6.07) is 33.8. The summed E-state index contributed by atoms with van der Waals surface area (Å²) in [7, 11) is 0. The zero-order valence-corrected chi connectivity index (χ0v) is 34.0. The van der Waals surface area contributed by atoms with Crippen LogP contribution >= 0.6 is 0 Å². The third-order valence-electron chi connectivity index (χ3n) is 9.46. The van der Waals surface area contributed by atoms with Gasteiger partial charge in [-0.25, -0.2) is 0 Å². The highest BCUT2D eigenvalue weighted by molar-refractivity contribution is 5.90. The molecule has 58 heavy (non-hydrogen) atoms. The molecule has 302 valence electrons. The molecule has 0 atom stereocenters. The van der Waals surface area contributed by atoms with Crippen molar-refractivity contribution in [2.75, 3.05) is 13.2 Å². The Hall–Kier alpha value is -6.12. The number of esters is 2. The molecule has 4 rings (SSSR count). The summed E-state index contributed by atoms with van der Waals surface area (Å²) in [5.41, 5.74) is 4.30. The van der Waals surface area contributed by atoms with Crippen LogP contribution in [-0.2, 0) is 9.59 Å². The summed E-state index contributed by atoms with van der Waals surface area (Å²) in [6.45, 7) is 5.75. The van der Waals surface area contributed by atoms with E-state index in [0.29, 0.717) is 48.7 Å². The smallest absolute Gasteiger partial charge is 0.311 e. The predicted octanol–water partition coefficient (Wildman–Crippen LogP) is 12.6. The van der Waals surface area contributed by atoms with Crippen LogP contribution in [0.2, 0.25) is 0 Å². The number of allylic oxidation sites excluding steroid dienone is 2. The van der Waals surface area contributed by atoms with Gasteiger partial charge in [-0.2, -0.15) is 10.5 Å². The van der Waals surface area contributed by atoms with E-state index < -0.39 is 0 Å². The van der Waals surface area contributed by atoms with Gasteiger partial charge in [-0.1, -0.05) is 89.5 Å². The zero-order chi connectivity index (χ0) is 41.2. The van der Waals surface area contributed by atoms with Crippen LogP contribution in [-0.4, -0.2) is 25.2 Å². The van der Waals surface area contributed by atoms with Gasteiger partial charge in [0.25, 0.3) is 0 Å². The molecule has 0 saturated carbocycles. The quantitative estimate of drug-likeness (QED) is 0.0214. The summed E-state index contributed by atoms with van der Waals surface area (Å²) in [4.78, 5) is 24.9. The maximum atomic E-state index is 12.4. The number of hydrogen-bond donors (Lipinski definition) is 0. The number of carbonyl (C=O) groups excluding carboxylic acids is 2. The monoisotopic (exact) mass is 780 g/mol. The van der Waals surface area contributed by atoms with Crippen LogP contribution in [0, 0.1) is 22.7 Å². The van der Waals surface area contributed by atoms with E-state index in [1.54, 1.807) is 36.4 Å². The molecule has 4 aromatic carbocycles. The van der Waals surface area contributed by atoms with Crippen molar-refractivity contribution in [3.63, 3.8) is 0 Å². The molecule has 0 bridgehead atoms. The topological polar surface area (TPSA) is 119 Å². The van der Waals surface area contributed by atoms with Gasteiger partial charge < -0.3 is 18.9 Å². The van der Waals surface area contributed by atoms with Crippen LogP contribution in [0.15, 0.2) is 97.1 Å². The molecule has 0 aliphatic carbocycles. The number of benzene rings is 4. The zero-order valence-electron chi connectivity index (χ0n) is 34.0. The summed E-state index contributed by atoms with van der Waals surface area (Å²) in [5.74, 6) is 1.85. The van der Waals surface area contributed by atoms with Crippen LogP contribution in [0.4, 0.5) is 0 Å². The third kappa shape index (κ3) is 16.5. The first-order chi connectivity index (χ1) is 28.4. The van der Waals surface area contributed by atoms with E-state index >= 15 is 0 Å². The Bertz CT molecular complexity index is 1840. The second kappa shape index (κ2) is 25.9. The van der Waals surface area contributed by atoms with E-state index in [1.807, 2.05) is 72.8 Å². The van der Waals surface area contributed by atoms with E-state index in [1.165, 1.54) is 25.7 Å². The highest BCUT2D eigenvalue weighted by Gasteiger charge is 2.09. The Morgan fingerprint density at radius 3 is 1.16 bits per heavy atom. The van der Waals surface area contributed by atoms with E-state index in [4.69, 9.17) is 18.9 Å². The summed E-state index contributed by atoms with van der Waals surface area (Å²) >= 11 is 0. The van der Waals surface area contributed by atoms with Gasteiger partial charge in [0, 0.05) is 12.8 Å². The van der Waals surface area contributed by atoms with Crippen molar-refractivity contribution in [2.24, 2.45) is 0 Å². The van der Waals surface area contributed by atoms with Crippen molar-refractivity contribution < 1.29 is 28.5 Å². The van der Waals surface area contributed by atoms with E-state index in [0.717, 1.165) is 72.3 Å². The number of unbranched alkanes of at least 4 members (excludes halogenated alkanes) is 9. The fraction of sp³-hybridized carbons (Fsp3) is 0.360. The van der Waals surface area contributed by atoms with E-state index in [-0.39, 0.29) is 24.8 Å². The van der Waals surface area contributed by atoms with Gasteiger partial charge in [0.05, 0.1) is 36.5 Å². The van der Waals surface area contributed by atoms with Crippen molar-refractivity contribution in [3.8, 4) is 35.1 Å². The molecule has 0 saturated heterocycles. The molecule has 0 amide bonds. The van der Waals surface area contributed by atoms with Crippen molar-refractivity contribution in [3.05, 3.63) is 119 Å². The number of hydrogen-bond acceptors (Lipinski definition) is 8. The molecule has 0 aliphatic rings. The van der Waals surface area contributed by atoms with Crippen LogP contribution in [0.5, 0.6) is 23.0 Å². The fourth-order valence-corrected chi connectivity index (χ4v) is 6.11. The van der Waals surface area contributed by atoms with Crippen LogP contribution < -0.4 is 18.9 Å². The Morgan fingerprint density at radius 2 is 0.810 bits per heavy atom. The minimum atomic E-state index is -0.315. The number of nitrogens with zero attached hydrogens (tertiary/aromatic N) is 2. The van der Waals surface area contributed by atoms with Crippen molar-refractivity contribution in [1.82, 2.24) is 0 Å². The standard InChI is InChI=1S/C50H56N2O6/c1-3-5-7-13-33-55-45-29-21-41(22-30-45)43(37-51)35-39-17-25-47(26-18-39)57-49(53)15-11-9-10-12-16-50(54)58-48-27-19-40(20-28-48)36-44(38-52)42-23-31-46(32-24-42)56-34-14-8-6-4-2/h17-32,35-36H,3-16,33-34H2,1-2H3/b43-35-,44-36+. The van der Waals surface area contributed by atoms with Gasteiger partial charge >= 0.3 is 11.9 Å². The summed E-state index contributed by atoms with van der Waals surface area (Å²) in [5, 5.41) is 19.5. The van der Waals surface area contributed by atoms with E-state index in [2.05, 4.69) is 26.0 Å². The Balaban J connectivity index is 1.11. The summed E-state index contributed by atoms with van der Waals surface area (Å²) in [6.07, 6.45) is 16.2. The molecule has 0 unspecified atom stereocenters. The third-order valence-corrected chi connectivity index (χ3v) is 9.46. The fourth-order valence-electron chi connectivity index (χ4n) is 6.11. The minimum absolute atomic E-state index is 0.274. The molecule has 0 heterocycles. The number of ether oxygens (including phenoxy) is 4. The molecule has 8 nitrogen and oxygen atoms in total. The van der Waals surface area contributed by atoms with Crippen molar-refractivity contribution in [1.29, 1.82) is 10.5 Å². The first-order valence-electron chi connectivity index (χ1n) is 20.7. The molecule has 0 aromatic heterocycles. The van der Waals surface area contributed by atoms with Gasteiger partial charge in [0.2, 0.25) is 0 Å². The van der Waals surface area contributed by atoms with Crippen molar-refractivity contribution in [2.45, 2.75) is 104 Å². The Morgan fingerprint density at radius 1 is 0.466 bits per heavy atom. The minimum Gasteiger partial charge on any atom is -0.494 e. The molecule has 0 spiro atoms. The van der Waals surface area contributed by atoms with Crippen LogP contribution in [0.1, 0.15) is 126 Å². The average molecular weight is 781 g/mol. The maximum absolute atomic E-state index is 12.4. The predicted molar refractivity (Wildman–Crippen MR) is 231 cm³/mol. The molecule has 4 aromatic rings. The normalized spacial score (nSPS) is 11.3. The first-order valence-corrected chi connectivity index (χ1v) is 20.7. The number of carbonyl (C=O) groups is 2. The Kier molecular flexibility index (Phi) is 19.9. The molecule has 8 heteroatoms. The highest BCUT2D eigenvalue weighted by atomic mass is 16.5. The lowest BCUT2D eigenvalue weighted by Crippen LogP contribution is -2.08. The van der Waals surface area contributed by atoms with Crippen molar-refractivity contribution >= 4 is 35.2 Å². The van der Waals surface area contributed by atoms with Gasteiger partial charge in [0.15, 0.2) is 0 Å². The highest BCUT2D eigenvalue weighted by Crippen LogP contribution is 2.25. The van der Waals surface area contributed by atoms with Crippen LogP contribution in [0.3, 0.4) is 0 Å². The second-order valence-corrected chi connectivity index (χ2v) is 14.2. The van der Waals surface area contributed by atoms with E-state index in [9.17, 15) is 20.1 Å². The number of rotatable bonds is 25. The van der Waals surface area contributed by atoms with Crippen LogP contribution in [0.25, 0.3) is 23.3 Å². The SMILES string of the molecule is CCCCCCOc1ccc(/C(C#N)=C/c2ccc(OC(=O)CCCCCCC(=O)Oc3ccc(/C=C(/C#N)c4ccc(OCCCCCC)cc4)cc3)cc2)cc1. The molecule has 0 fully saturated rings. The van der Waals surface area contributed by atoms with Gasteiger partial charge in [0.1, 0.15) is 23.0 Å². The lowest BCUT2D eigenvalue weighted by atomic mass is 10.0. The molecule has 0 N–H and O–H groups in total. The average Bonchev–Trinajstić information content (AvgIpc) is 3.24. The Labute approximate surface area is 344 Å². The largest absolute Gasteiger partial charge is 0.494 e. The number of nitriles is 2. The molecular weight excluding hydrogens is 725 g/mol. The van der Waals surface area contributed by atoms with Gasteiger partial charge in [-0.3, -0.25) is 9.59 Å². The first kappa shape index (κ1) is 44.6. The molecule has 0 radical (unpaired) electrons. The maximum Gasteiger partial charge on any atom is 0.311 e. The lowest BCUT2D eigenvalue weighted by Gasteiger charge is -2.07. The van der Waals surface area contributed by atoms with Gasteiger partial charge in [-0.15, -0.1) is 0 Å². The molecule has 0 aliphatic heterocycles. The van der Waals surface area contributed by atoms with Gasteiger partial charge in [-0.05, 0) is 133 Å². The second-order valence-electron chi connectivity index (χ2n) is 14.2. The lowest BCUT2D eigenvalue weighted by molar-refractivity contribution is -0.135.